The summed E-state index contributed by atoms with van der Waals surface area (Å²) in [6.07, 6.45) is 5.25. The van der Waals surface area contributed by atoms with E-state index in [0.29, 0.717) is 6.54 Å². The second-order valence-electron chi connectivity index (χ2n) is 7.59. The van der Waals surface area contributed by atoms with Gasteiger partial charge in [-0.2, -0.15) is 0 Å². The molecule has 2 aliphatic heterocycles. The second-order valence-corrected chi connectivity index (χ2v) is 8.68. The lowest BCUT2D eigenvalue weighted by Crippen LogP contribution is -2.25. The number of rotatable bonds is 4. The molecule has 2 aliphatic rings. The Kier molecular flexibility index (Phi) is 7.35. The molecule has 1 saturated heterocycles. The topological polar surface area (TPSA) is 50.2 Å². The molecule has 5 nitrogen and oxygen atoms in total. The Labute approximate surface area is 187 Å². The Hall–Kier alpha value is -1.44. The Morgan fingerprint density at radius 3 is 2.66 bits per heavy atom. The zero-order valence-electron chi connectivity index (χ0n) is 16.2. The molecule has 5 rings (SSSR count). The smallest absolute Gasteiger partial charge is 0.262 e. The maximum atomic E-state index is 13.1. The number of nitrogens with zero attached hydrogens (tertiary/aromatic N) is 3. The summed E-state index contributed by atoms with van der Waals surface area (Å²) in [5, 5.41) is 4.22. The molecule has 4 heterocycles. The van der Waals surface area contributed by atoms with Crippen LogP contribution in [0.3, 0.4) is 0 Å². The summed E-state index contributed by atoms with van der Waals surface area (Å²) >= 11 is 1.66. The molecule has 29 heavy (non-hydrogen) atoms. The molecule has 1 N–H and O–H groups in total. The monoisotopic (exact) mass is 452 g/mol. The molecule has 0 bridgehead atoms. The molecule has 0 saturated carbocycles. The number of likely N-dealkylation sites (tertiary alicyclic amines) is 1. The quantitative estimate of drug-likeness (QED) is 0.656. The lowest BCUT2D eigenvalue weighted by Gasteiger charge is -2.15. The third kappa shape index (κ3) is 4.52. The SMILES string of the molecule is Cl.Cl.O=c1c2c3c(sc2ncn1Cc1cccc(CN2CCCC2)c1)CNCC3. The van der Waals surface area contributed by atoms with Gasteiger partial charge in [-0.3, -0.25) is 14.3 Å². The molecule has 0 aliphatic carbocycles. The van der Waals surface area contributed by atoms with E-state index in [1.54, 1.807) is 22.2 Å². The highest BCUT2D eigenvalue weighted by Gasteiger charge is 2.20. The highest BCUT2D eigenvalue weighted by atomic mass is 35.5. The fraction of sp³-hybridized carbons (Fsp3) is 0.429. The third-order valence-electron chi connectivity index (χ3n) is 5.65. The molecule has 2 aromatic heterocycles. The average Bonchev–Trinajstić information content (AvgIpc) is 3.32. The van der Waals surface area contributed by atoms with Gasteiger partial charge in [0.25, 0.3) is 5.56 Å². The van der Waals surface area contributed by atoms with Crippen molar-refractivity contribution in [3.8, 4) is 0 Å². The molecule has 0 atom stereocenters. The number of hydrogen-bond acceptors (Lipinski definition) is 5. The van der Waals surface area contributed by atoms with Crippen molar-refractivity contribution in [2.75, 3.05) is 19.6 Å². The van der Waals surface area contributed by atoms with Crippen molar-refractivity contribution in [3.63, 3.8) is 0 Å². The van der Waals surface area contributed by atoms with Crippen LogP contribution in [0.2, 0.25) is 0 Å². The van der Waals surface area contributed by atoms with Crippen molar-refractivity contribution in [2.24, 2.45) is 0 Å². The number of thiophene rings is 1. The molecule has 0 amide bonds. The van der Waals surface area contributed by atoms with E-state index in [-0.39, 0.29) is 30.4 Å². The van der Waals surface area contributed by atoms with Crippen molar-refractivity contribution < 1.29 is 0 Å². The lowest BCUT2D eigenvalue weighted by molar-refractivity contribution is 0.331. The number of benzene rings is 1. The van der Waals surface area contributed by atoms with Gasteiger partial charge in [0, 0.05) is 18.0 Å². The predicted octanol–water partition coefficient (Wildman–Crippen LogP) is 3.59. The van der Waals surface area contributed by atoms with Crippen LogP contribution in [0.4, 0.5) is 0 Å². The molecule has 0 radical (unpaired) electrons. The first kappa shape index (κ1) is 22.2. The van der Waals surface area contributed by atoms with Crippen LogP contribution in [0.1, 0.15) is 34.4 Å². The summed E-state index contributed by atoms with van der Waals surface area (Å²) in [4.78, 5) is 22.4. The minimum Gasteiger partial charge on any atom is -0.312 e. The van der Waals surface area contributed by atoms with E-state index in [0.717, 1.165) is 36.3 Å². The predicted molar refractivity (Wildman–Crippen MR) is 124 cm³/mol. The van der Waals surface area contributed by atoms with Gasteiger partial charge in [0.1, 0.15) is 4.83 Å². The zero-order chi connectivity index (χ0) is 18.2. The van der Waals surface area contributed by atoms with Gasteiger partial charge in [0.05, 0.1) is 18.3 Å². The lowest BCUT2D eigenvalue weighted by atomic mass is 10.1. The van der Waals surface area contributed by atoms with Crippen LogP contribution in [-0.4, -0.2) is 34.1 Å². The Morgan fingerprint density at radius 1 is 1.10 bits per heavy atom. The van der Waals surface area contributed by atoms with Gasteiger partial charge in [-0.25, -0.2) is 4.98 Å². The Balaban J connectivity index is 0.00000120. The fourth-order valence-electron chi connectivity index (χ4n) is 4.28. The van der Waals surface area contributed by atoms with Crippen molar-refractivity contribution in [2.45, 2.75) is 38.9 Å². The Morgan fingerprint density at radius 2 is 1.86 bits per heavy atom. The maximum Gasteiger partial charge on any atom is 0.262 e. The normalized spacial score (nSPS) is 16.3. The van der Waals surface area contributed by atoms with E-state index in [9.17, 15) is 4.79 Å². The molecule has 1 fully saturated rings. The summed E-state index contributed by atoms with van der Waals surface area (Å²) < 4.78 is 1.77. The number of fused-ring (bicyclic) bond motifs is 3. The van der Waals surface area contributed by atoms with Gasteiger partial charge in [-0.15, -0.1) is 36.2 Å². The van der Waals surface area contributed by atoms with Gasteiger partial charge in [0.2, 0.25) is 0 Å². The van der Waals surface area contributed by atoms with Crippen LogP contribution in [0, 0.1) is 0 Å². The largest absolute Gasteiger partial charge is 0.312 e. The van der Waals surface area contributed by atoms with E-state index in [1.165, 1.54) is 47.5 Å². The first-order valence-corrected chi connectivity index (χ1v) is 10.6. The average molecular weight is 453 g/mol. The van der Waals surface area contributed by atoms with E-state index in [1.807, 2.05) is 0 Å². The van der Waals surface area contributed by atoms with Crippen LogP contribution in [0.15, 0.2) is 35.4 Å². The zero-order valence-corrected chi connectivity index (χ0v) is 18.7. The number of hydrogen-bond donors (Lipinski definition) is 1. The number of halogens is 2. The van der Waals surface area contributed by atoms with Gasteiger partial charge < -0.3 is 5.32 Å². The van der Waals surface area contributed by atoms with Crippen molar-refractivity contribution in [1.29, 1.82) is 0 Å². The molecule has 156 valence electrons. The van der Waals surface area contributed by atoms with Crippen LogP contribution >= 0.6 is 36.2 Å². The van der Waals surface area contributed by atoms with E-state index >= 15 is 0 Å². The van der Waals surface area contributed by atoms with Crippen molar-refractivity contribution in [3.05, 3.63) is 62.5 Å². The highest BCUT2D eigenvalue weighted by Crippen LogP contribution is 2.29. The molecule has 3 aromatic rings. The van der Waals surface area contributed by atoms with E-state index in [2.05, 4.69) is 39.5 Å². The molecular formula is C21H26Cl2N4OS. The van der Waals surface area contributed by atoms with E-state index in [4.69, 9.17) is 0 Å². The molecule has 1 aromatic carbocycles. The van der Waals surface area contributed by atoms with Gasteiger partial charge in [-0.05, 0) is 55.6 Å². The van der Waals surface area contributed by atoms with Crippen molar-refractivity contribution >= 4 is 46.4 Å². The van der Waals surface area contributed by atoms with Crippen LogP contribution in [-0.2, 0) is 26.1 Å². The highest BCUT2D eigenvalue weighted by molar-refractivity contribution is 7.18. The second kappa shape index (κ2) is 9.58. The van der Waals surface area contributed by atoms with Gasteiger partial charge >= 0.3 is 0 Å². The number of aromatic nitrogens is 2. The first-order chi connectivity index (χ1) is 13.3. The minimum absolute atomic E-state index is 0. The Bertz CT molecular complexity index is 1040. The van der Waals surface area contributed by atoms with E-state index < -0.39 is 0 Å². The summed E-state index contributed by atoms with van der Waals surface area (Å²) in [6, 6.07) is 8.64. The molecule has 8 heteroatoms. The maximum absolute atomic E-state index is 13.1. The standard InChI is InChI=1S/C21H24N4OS.2ClH/c26-21-19-17-6-7-22-11-18(17)27-20(19)23-14-25(21)13-16-5-3-4-15(10-16)12-24-8-1-2-9-24;;/h3-5,10,14,22H,1-2,6-9,11-13H2;2*1H. The molecule has 0 spiro atoms. The number of nitrogens with one attached hydrogen (secondary N) is 1. The summed E-state index contributed by atoms with van der Waals surface area (Å²) in [7, 11) is 0. The van der Waals surface area contributed by atoms with Crippen molar-refractivity contribution in [1.82, 2.24) is 19.8 Å². The summed E-state index contributed by atoms with van der Waals surface area (Å²) in [5.41, 5.74) is 3.81. The first-order valence-electron chi connectivity index (χ1n) is 9.78. The van der Waals surface area contributed by atoms with Gasteiger partial charge in [-0.1, -0.05) is 24.3 Å². The third-order valence-corrected chi connectivity index (χ3v) is 6.79. The van der Waals surface area contributed by atoms with Crippen LogP contribution < -0.4 is 10.9 Å². The van der Waals surface area contributed by atoms with Gasteiger partial charge in [0.15, 0.2) is 0 Å². The summed E-state index contributed by atoms with van der Waals surface area (Å²) in [5.74, 6) is 0. The molecular weight excluding hydrogens is 427 g/mol. The van der Waals surface area contributed by atoms with Crippen LogP contribution in [0.25, 0.3) is 10.2 Å². The van der Waals surface area contributed by atoms with Crippen LogP contribution in [0.5, 0.6) is 0 Å². The summed E-state index contributed by atoms with van der Waals surface area (Å²) in [6.45, 7) is 5.77. The molecule has 0 unspecified atom stereocenters. The minimum atomic E-state index is 0. The fourth-order valence-corrected chi connectivity index (χ4v) is 5.43.